The summed E-state index contributed by atoms with van der Waals surface area (Å²) in [6.07, 6.45) is 0. The Morgan fingerprint density at radius 1 is 0.451 bits per heavy atom. The Hall–Kier alpha value is -6.06. The second kappa shape index (κ2) is 11.8. The molecule has 9 aromatic rings. The van der Waals surface area contributed by atoms with Crippen molar-refractivity contribution in [2.24, 2.45) is 0 Å². The Balaban J connectivity index is 1.47. The van der Waals surface area contributed by atoms with Crippen molar-refractivity contribution in [3.63, 3.8) is 0 Å². The molecule has 3 heteroatoms. The number of para-hydroxylation sites is 1. The third-order valence-corrected chi connectivity index (χ3v) is 11.0. The fraction of sp³-hybridized carbons (Fsp3) is 0.125. The average Bonchev–Trinajstić information content (AvgIpc) is 3.49. The first-order valence-corrected chi connectivity index (χ1v) is 17.8. The number of fused-ring (bicyclic) bond motifs is 6. The van der Waals surface area contributed by atoms with E-state index < -0.39 is 0 Å². The van der Waals surface area contributed by atoms with Gasteiger partial charge in [0.15, 0.2) is 5.82 Å². The summed E-state index contributed by atoms with van der Waals surface area (Å²) in [7, 11) is 0. The monoisotopic (exact) mass is 657 g/mol. The van der Waals surface area contributed by atoms with Crippen LogP contribution in [-0.4, -0.2) is 14.5 Å². The molecule has 246 valence electrons. The van der Waals surface area contributed by atoms with Gasteiger partial charge in [-0.3, -0.25) is 4.57 Å². The van der Waals surface area contributed by atoms with Crippen LogP contribution in [0.5, 0.6) is 0 Å². The summed E-state index contributed by atoms with van der Waals surface area (Å²) in [4.78, 5) is 11.1. The van der Waals surface area contributed by atoms with Gasteiger partial charge in [-0.05, 0) is 114 Å². The number of rotatable bonds is 4. The third kappa shape index (κ3) is 4.72. The largest absolute Gasteiger partial charge is 0.292 e. The van der Waals surface area contributed by atoms with Gasteiger partial charge in [-0.15, -0.1) is 0 Å². The summed E-state index contributed by atoms with van der Waals surface area (Å²) in [6, 6.07) is 46.1. The van der Waals surface area contributed by atoms with Crippen LogP contribution in [0.2, 0.25) is 0 Å². The van der Waals surface area contributed by atoms with Gasteiger partial charge in [-0.25, -0.2) is 9.97 Å². The lowest BCUT2D eigenvalue weighted by molar-refractivity contribution is 1.01. The highest BCUT2D eigenvalue weighted by molar-refractivity contribution is 6.26. The van der Waals surface area contributed by atoms with E-state index in [0.29, 0.717) is 0 Å². The van der Waals surface area contributed by atoms with Crippen molar-refractivity contribution in [1.82, 2.24) is 14.5 Å². The maximum atomic E-state index is 5.58. The predicted octanol–water partition coefficient (Wildman–Crippen LogP) is 12.7. The Labute approximate surface area is 298 Å². The van der Waals surface area contributed by atoms with Crippen molar-refractivity contribution >= 4 is 43.4 Å². The van der Waals surface area contributed by atoms with E-state index in [1.807, 2.05) is 0 Å². The van der Waals surface area contributed by atoms with E-state index in [1.165, 1.54) is 76.8 Å². The van der Waals surface area contributed by atoms with Crippen LogP contribution in [0.25, 0.3) is 82.8 Å². The average molecular weight is 658 g/mol. The summed E-state index contributed by atoms with van der Waals surface area (Å²) in [5.41, 5.74) is 15.9. The minimum atomic E-state index is 0.851. The van der Waals surface area contributed by atoms with Gasteiger partial charge in [0.1, 0.15) is 5.69 Å². The lowest BCUT2D eigenvalue weighted by atomic mass is 9.87. The van der Waals surface area contributed by atoms with Crippen LogP contribution in [-0.2, 0) is 0 Å². The molecular formula is C48H39N3. The van der Waals surface area contributed by atoms with Crippen molar-refractivity contribution in [3.05, 3.63) is 161 Å². The number of aromatic nitrogens is 3. The molecule has 0 saturated carbocycles. The van der Waals surface area contributed by atoms with Crippen LogP contribution in [0.15, 0.2) is 127 Å². The molecule has 2 heterocycles. The van der Waals surface area contributed by atoms with Gasteiger partial charge in [0, 0.05) is 21.9 Å². The number of benzene rings is 7. The van der Waals surface area contributed by atoms with Gasteiger partial charge in [-0.1, -0.05) is 115 Å². The van der Waals surface area contributed by atoms with Gasteiger partial charge in [0.25, 0.3) is 0 Å². The van der Waals surface area contributed by atoms with Crippen LogP contribution in [0.3, 0.4) is 0 Å². The summed E-state index contributed by atoms with van der Waals surface area (Å²) in [5.74, 6) is 0.851. The second-order valence-electron chi connectivity index (χ2n) is 14.0. The highest BCUT2D eigenvalue weighted by atomic mass is 15.1. The Morgan fingerprint density at radius 3 is 1.86 bits per heavy atom. The van der Waals surface area contributed by atoms with Gasteiger partial charge in [0.2, 0.25) is 0 Å². The first-order chi connectivity index (χ1) is 24.8. The van der Waals surface area contributed by atoms with E-state index in [0.717, 1.165) is 39.5 Å². The molecule has 0 atom stereocenters. The molecule has 7 aromatic carbocycles. The van der Waals surface area contributed by atoms with Crippen molar-refractivity contribution in [2.45, 2.75) is 41.5 Å². The van der Waals surface area contributed by atoms with E-state index in [2.05, 4.69) is 174 Å². The van der Waals surface area contributed by atoms with Crippen LogP contribution in [0, 0.1) is 41.5 Å². The Kier molecular flexibility index (Phi) is 7.15. The third-order valence-electron chi connectivity index (χ3n) is 11.0. The summed E-state index contributed by atoms with van der Waals surface area (Å²) in [6.45, 7) is 13.2. The zero-order valence-corrected chi connectivity index (χ0v) is 30.0. The van der Waals surface area contributed by atoms with Crippen molar-refractivity contribution < 1.29 is 0 Å². The van der Waals surface area contributed by atoms with Gasteiger partial charge in [-0.2, -0.15) is 0 Å². The minimum Gasteiger partial charge on any atom is -0.292 e. The van der Waals surface area contributed by atoms with Crippen molar-refractivity contribution in [2.75, 3.05) is 0 Å². The number of aryl methyl sites for hydroxylation is 5. The smallest absolute Gasteiger partial charge is 0.164 e. The highest BCUT2D eigenvalue weighted by Crippen LogP contribution is 2.46. The van der Waals surface area contributed by atoms with E-state index in [9.17, 15) is 0 Å². The number of hydrogen-bond donors (Lipinski definition) is 0. The van der Waals surface area contributed by atoms with E-state index in [1.54, 1.807) is 0 Å². The lowest BCUT2D eigenvalue weighted by Crippen LogP contribution is -2.08. The van der Waals surface area contributed by atoms with Crippen molar-refractivity contribution in [3.8, 4) is 39.5 Å². The molecule has 0 N–H and O–H groups in total. The molecule has 0 spiro atoms. The maximum Gasteiger partial charge on any atom is 0.164 e. The van der Waals surface area contributed by atoms with Crippen LogP contribution in [0.1, 0.15) is 33.5 Å². The topological polar surface area (TPSA) is 30.7 Å². The van der Waals surface area contributed by atoms with Gasteiger partial charge >= 0.3 is 0 Å². The molecule has 0 bridgehead atoms. The molecule has 0 aliphatic heterocycles. The van der Waals surface area contributed by atoms with Gasteiger partial charge in [0.05, 0.1) is 22.4 Å². The molecule has 0 unspecified atom stereocenters. The summed E-state index contributed by atoms with van der Waals surface area (Å²) in [5, 5.41) is 7.46. The van der Waals surface area contributed by atoms with Crippen LogP contribution >= 0.6 is 0 Å². The predicted molar refractivity (Wildman–Crippen MR) is 216 cm³/mol. The molecular weight excluding hydrogens is 619 g/mol. The van der Waals surface area contributed by atoms with E-state index >= 15 is 0 Å². The molecule has 51 heavy (non-hydrogen) atoms. The molecule has 0 radical (unpaired) electrons. The molecule has 2 aromatic heterocycles. The molecule has 0 saturated heterocycles. The molecule has 0 fully saturated rings. The second-order valence-corrected chi connectivity index (χ2v) is 14.0. The molecule has 3 nitrogen and oxygen atoms in total. The fourth-order valence-corrected chi connectivity index (χ4v) is 8.24. The molecule has 0 aliphatic carbocycles. The first kappa shape index (κ1) is 31.0. The fourth-order valence-electron chi connectivity index (χ4n) is 8.24. The van der Waals surface area contributed by atoms with Crippen LogP contribution in [0.4, 0.5) is 0 Å². The zero-order chi connectivity index (χ0) is 35.0. The van der Waals surface area contributed by atoms with E-state index in [-0.39, 0.29) is 0 Å². The minimum absolute atomic E-state index is 0.851. The lowest BCUT2D eigenvalue weighted by Gasteiger charge is -2.20. The summed E-state index contributed by atoms with van der Waals surface area (Å²) < 4.78 is 2.41. The number of hydrogen-bond acceptors (Lipinski definition) is 2. The normalized spacial score (nSPS) is 11.7. The summed E-state index contributed by atoms with van der Waals surface area (Å²) >= 11 is 0. The highest BCUT2D eigenvalue weighted by Gasteiger charge is 2.26. The SMILES string of the molecule is Cc1ccccc1-c1nc(-c2cccc(C)c2C)c(-n2c3ccccc3c3c4ccccc4c(-c4cc5ccccc5cc4C)c(C)c32)nc1C. The zero-order valence-electron chi connectivity index (χ0n) is 30.0. The first-order valence-electron chi connectivity index (χ1n) is 17.8. The molecule has 0 aliphatic rings. The van der Waals surface area contributed by atoms with Crippen molar-refractivity contribution in [1.29, 1.82) is 0 Å². The Bertz CT molecular complexity index is 2870. The van der Waals surface area contributed by atoms with Crippen LogP contribution < -0.4 is 0 Å². The molecule has 9 rings (SSSR count). The van der Waals surface area contributed by atoms with E-state index in [4.69, 9.17) is 9.97 Å². The Morgan fingerprint density at radius 2 is 1.08 bits per heavy atom. The quantitative estimate of drug-likeness (QED) is 0.189. The van der Waals surface area contributed by atoms with Gasteiger partial charge < -0.3 is 0 Å². The molecule has 0 amide bonds. The maximum absolute atomic E-state index is 5.58. The number of nitrogens with zero attached hydrogens (tertiary/aromatic N) is 3. The standard InChI is InChI=1S/C48H39N3/c1-28-17-15-24-37(31(28)4)46-48(49-33(6)45(50-46)36-20-10-7-16-29(36)2)51-42-25-14-13-23-40(42)44-39-22-12-11-21-38(39)43(32(5)47(44)51)41-27-35-19-9-8-18-34(35)26-30(41)3/h7-27H,1-6H3.